The third kappa shape index (κ3) is 3.81. The molecule has 0 bridgehead atoms. The number of carbonyl (C=O) groups excluding carboxylic acids is 1. The summed E-state index contributed by atoms with van der Waals surface area (Å²) in [6.07, 6.45) is 9.03. The molecule has 156 valence electrons. The lowest BCUT2D eigenvalue weighted by molar-refractivity contribution is -0.735. The molecule has 0 aromatic heterocycles. The van der Waals surface area contributed by atoms with Crippen LogP contribution in [0.25, 0.3) is 0 Å². The van der Waals surface area contributed by atoms with E-state index < -0.39 is 0 Å². The molecule has 2 aromatic rings. The molecule has 1 heterocycles. The summed E-state index contributed by atoms with van der Waals surface area (Å²) in [5, 5.41) is 3.26. The lowest BCUT2D eigenvalue weighted by Crippen LogP contribution is -2.94. The van der Waals surface area contributed by atoms with Crippen molar-refractivity contribution in [1.29, 1.82) is 0 Å². The summed E-state index contributed by atoms with van der Waals surface area (Å²) in [4.78, 5) is 15.5. The quantitative estimate of drug-likeness (QED) is 0.754. The molecule has 3 nitrogen and oxygen atoms in total. The molecule has 0 unspecified atom stereocenters. The van der Waals surface area contributed by atoms with E-state index in [1.54, 1.807) is 0 Å². The molecule has 0 saturated heterocycles. The molecule has 2 aromatic carbocycles. The minimum atomic E-state index is 0.163. The Balaban J connectivity index is 1.39. The largest absolute Gasteiger partial charge is 0.317 e. The van der Waals surface area contributed by atoms with Gasteiger partial charge in [-0.3, -0.25) is 9.69 Å². The maximum atomic E-state index is 13.3. The van der Waals surface area contributed by atoms with Gasteiger partial charge in [0.25, 0.3) is 5.91 Å². The first-order valence-electron chi connectivity index (χ1n) is 11.4. The van der Waals surface area contributed by atoms with Crippen LogP contribution in [0.1, 0.15) is 61.3 Å². The van der Waals surface area contributed by atoms with E-state index in [-0.39, 0.29) is 12.1 Å². The van der Waals surface area contributed by atoms with Gasteiger partial charge in [0, 0.05) is 34.7 Å². The first kappa shape index (κ1) is 19.8. The normalized spacial score (nSPS) is 23.5. The van der Waals surface area contributed by atoms with Crippen molar-refractivity contribution in [3.05, 3.63) is 81.4 Å². The van der Waals surface area contributed by atoms with Gasteiger partial charge in [-0.25, -0.2) is 0 Å². The van der Waals surface area contributed by atoms with Gasteiger partial charge in [-0.1, -0.05) is 48.0 Å². The molecule has 0 saturated carbocycles. The van der Waals surface area contributed by atoms with Crippen molar-refractivity contribution in [3.63, 3.8) is 0 Å². The van der Waals surface area contributed by atoms with Crippen LogP contribution in [0.3, 0.4) is 0 Å². The van der Waals surface area contributed by atoms with Gasteiger partial charge in [0.2, 0.25) is 0 Å². The number of carbonyl (C=O) groups is 1. The Bertz CT molecular complexity index is 965. The monoisotopic (exact) mass is 421 g/mol. The van der Waals surface area contributed by atoms with Gasteiger partial charge >= 0.3 is 0 Å². The van der Waals surface area contributed by atoms with Gasteiger partial charge < -0.3 is 5.32 Å². The van der Waals surface area contributed by atoms with Crippen LogP contribution in [0.4, 0.5) is 0 Å². The number of nitrogens with zero attached hydrogens (tertiary/aromatic N) is 1. The van der Waals surface area contributed by atoms with E-state index in [1.807, 2.05) is 12.1 Å². The third-order valence-electron chi connectivity index (χ3n) is 7.11. The van der Waals surface area contributed by atoms with Crippen molar-refractivity contribution in [2.75, 3.05) is 6.54 Å². The standard InChI is InChI=1S/C26H29ClN2O/c27-20-14-12-18(13-15-20)16-17-29-25(22-9-3-4-10-23(22)26(29)30)28-24-11-5-7-19-6-1-2-8-21(19)24/h1-2,6,8,12-15,24-25,28H,3-5,7,9-11,16-17H2/p+1/t24-,25-/m0/s1. The number of hydrogen-bond acceptors (Lipinski definition) is 1. The Morgan fingerprint density at radius 1 is 0.967 bits per heavy atom. The van der Waals surface area contributed by atoms with Gasteiger partial charge in [-0.15, -0.1) is 0 Å². The number of amides is 1. The molecular weight excluding hydrogens is 392 g/mol. The van der Waals surface area contributed by atoms with Crippen LogP contribution in [0, 0.1) is 0 Å². The van der Waals surface area contributed by atoms with Gasteiger partial charge in [-0.2, -0.15) is 0 Å². The highest BCUT2D eigenvalue weighted by molar-refractivity contribution is 6.30. The second-order valence-electron chi connectivity index (χ2n) is 8.92. The van der Waals surface area contributed by atoms with E-state index >= 15 is 0 Å². The molecule has 30 heavy (non-hydrogen) atoms. The number of fused-ring (bicyclic) bond motifs is 1. The Morgan fingerprint density at radius 2 is 1.77 bits per heavy atom. The SMILES string of the molecule is O=C1C2=C(CCCC2)[C@@H]([NH2+][C@H]2CCCc3ccccc32)N1CCc1ccc(Cl)cc1. The Labute approximate surface area is 184 Å². The lowest BCUT2D eigenvalue weighted by Gasteiger charge is -2.31. The summed E-state index contributed by atoms with van der Waals surface area (Å²) < 4.78 is 0. The van der Waals surface area contributed by atoms with Gasteiger partial charge in [0.05, 0.1) is 0 Å². The van der Waals surface area contributed by atoms with E-state index in [2.05, 4.69) is 46.6 Å². The van der Waals surface area contributed by atoms with Crippen LogP contribution in [0.15, 0.2) is 59.7 Å². The first-order chi connectivity index (χ1) is 14.7. The molecule has 4 heteroatoms. The molecular formula is C26H30ClN2O+. The van der Waals surface area contributed by atoms with Gasteiger partial charge in [0.1, 0.15) is 6.04 Å². The molecule has 5 rings (SSSR count). The lowest BCUT2D eigenvalue weighted by atomic mass is 9.86. The van der Waals surface area contributed by atoms with Crippen molar-refractivity contribution in [2.45, 2.75) is 63.6 Å². The molecule has 2 atom stereocenters. The van der Waals surface area contributed by atoms with E-state index in [0.717, 1.165) is 42.8 Å². The minimum Gasteiger partial charge on any atom is -0.317 e. The van der Waals surface area contributed by atoms with Crippen LogP contribution in [0.5, 0.6) is 0 Å². The van der Waals surface area contributed by atoms with Crippen LogP contribution < -0.4 is 5.32 Å². The van der Waals surface area contributed by atoms with Crippen molar-refractivity contribution >= 4 is 17.5 Å². The molecule has 0 spiro atoms. The molecule has 3 aliphatic rings. The number of quaternary nitrogens is 1. The number of nitrogens with two attached hydrogens (primary N) is 1. The number of benzene rings is 2. The smallest absolute Gasteiger partial charge is 0.254 e. The highest BCUT2D eigenvalue weighted by Gasteiger charge is 2.43. The van der Waals surface area contributed by atoms with Crippen LogP contribution >= 0.6 is 11.6 Å². The first-order valence-corrected chi connectivity index (χ1v) is 11.8. The zero-order valence-electron chi connectivity index (χ0n) is 17.4. The molecule has 2 aliphatic carbocycles. The minimum absolute atomic E-state index is 0.163. The van der Waals surface area contributed by atoms with Crippen molar-refractivity contribution in [1.82, 2.24) is 4.90 Å². The average Bonchev–Trinajstić information content (AvgIpc) is 3.05. The summed E-state index contributed by atoms with van der Waals surface area (Å²) >= 11 is 6.04. The van der Waals surface area contributed by atoms with Crippen LogP contribution in [-0.2, 0) is 17.6 Å². The second kappa shape index (κ2) is 8.56. The van der Waals surface area contributed by atoms with Crippen molar-refractivity contribution < 1.29 is 10.1 Å². The zero-order chi connectivity index (χ0) is 20.5. The van der Waals surface area contributed by atoms with Gasteiger partial charge in [-0.05, 0) is 68.2 Å². The third-order valence-corrected chi connectivity index (χ3v) is 7.36. The summed E-state index contributed by atoms with van der Waals surface area (Å²) in [5.41, 5.74) is 6.71. The van der Waals surface area contributed by atoms with E-state index in [0.29, 0.717) is 6.04 Å². The molecule has 0 fully saturated rings. The highest BCUT2D eigenvalue weighted by Crippen LogP contribution is 2.35. The fourth-order valence-electron chi connectivity index (χ4n) is 5.56. The Kier molecular flexibility index (Phi) is 5.66. The van der Waals surface area contributed by atoms with Gasteiger partial charge in [0.15, 0.2) is 6.17 Å². The zero-order valence-corrected chi connectivity index (χ0v) is 18.2. The summed E-state index contributed by atoms with van der Waals surface area (Å²) in [7, 11) is 0. The molecule has 2 N–H and O–H groups in total. The number of hydrogen-bond donors (Lipinski definition) is 1. The van der Waals surface area contributed by atoms with Crippen LogP contribution in [0.2, 0.25) is 5.02 Å². The Morgan fingerprint density at radius 3 is 2.63 bits per heavy atom. The molecule has 1 amide bonds. The number of halogens is 1. The summed E-state index contributed by atoms with van der Waals surface area (Å²) in [6.45, 7) is 0.767. The summed E-state index contributed by atoms with van der Waals surface area (Å²) in [6, 6.07) is 17.4. The van der Waals surface area contributed by atoms with Crippen LogP contribution in [-0.4, -0.2) is 23.5 Å². The van der Waals surface area contributed by atoms with E-state index in [4.69, 9.17) is 11.6 Å². The highest BCUT2D eigenvalue weighted by atomic mass is 35.5. The maximum Gasteiger partial charge on any atom is 0.254 e. The second-order valence-corrected chi connectivity index (χ2v) is 9.36. The maximum absolute atomic E-state index is 13.3. The van der Waals surface area contributed by atoms with Crippen molar-refractivity contribution in [3.8, 4) is 0 Å². The number of rotatable bonds is 5. The Hall–Kier alpha value is -2.10. The average molecular weight is 422 g/mol. The van der Waals surface area contributed by atoms with E-state index in [1.165, 1.54) is 47.9 Å². The molecule has 1 aliphatic heterocycles. The predicted octanol–water partition coefficient (Wildman–Crippen LogP) is 4.56. The van der Waals surface area contributed by atoms with E-state index in [9.17, 15) is 4.79 Å². The predicted molar refractivity (Wildman–Crippen MR) is 120 cm³/mol. The molecule has 0 radical (unpaired) electrons. The fourth-order valence-corrected chi connectivity index (χ4v) is 5.69. The van der Waals surface area contributed by atoms with Crippen molar-refractivity contribution in [2.24, 2.45) is 0 Å². The number of aryl methyl sites for hydroxylation is 1. The fraction of sp³-hybridized carbons (Fsp3) is 0.423. The summed E-state index contributed by atoms with van der Waals surface area (Å²) in [5.74, 6) is 0.281. The topological polar surface area (TPSA) is 36.9 Å².